The number of thiazole rings is 1. The van der Waals surface area contributed by atoms with Crippen molar-refractivity contribution in [2.75, 3.05) is 5.32 Å². The Balaban J connectivity index is 1.48. The summed E-state index contributed by atoms with van der Waals surface area (Å²) in [6.45, 7) is 2.54. The molecule has 0 aliphatic rings. The normalized spacial score (nSPS) is 11.9. The monoisotopic (exact) mass is 437 g/mol. The number of aryl methyl sites for hydroxylation is 1. The molecule has 1 amide bonds. The largest absolute Gasteiger partial charge is 0.324 e. The number of thiophene rings is 1. The van der Waals surface area contributed by atoms with Crippen molar-refractivity contribution in [3.63, 3.8) is 0 Å². The van der Waals surface area contributed by atoms with E-state index in [-0.39, 0.29) is 11.7 Å². The van der Waals surface area contributed by atoms with Gasteiger partial charge in [0.2, 0.25) is 5.91 Å². The fraction of sp³-hybridized carbons (Fsp3) is 0.130. The summed E-state index contributed by atoms with van der Waals surface area (Å²) in [5.41, 5.74) is 2.41. The van der Waals surface area contributed by atoms with Gasteiger partial charge in [0.25, 0.3) is 0 Å². The van der Waals surface area contributed by atoms with Crippen molar-refractivity contribution in [2.45, 2.75) is 19.5 Å². The number of carbonyl (C=O) groups excluding carboxylic acids is 1. The number of aromatic nitrogens is 1. The molecule has 2 aromatic carbocycles. The highest BCUT2D eigenvalue weighted by Crippen LogP contribution is 2.29. The summed E-state index contributed by atoms with van der Waals surface area (Å²) in [5, 5.41) is 9.32. The van der Waals surface area contributed by atoms with Crippen molar-refractivity contribution in [1.29, 1.82) is 0 Å². The summed E-state index contributed by atoms with van der Waals surface area (Å²) in [5.74, 6) is -0.533. The van der Waals surface area contributed by atoms with E-state index in [1.807, 2.05) is 37.3 Å². The average molecular weight is 438 g/mol. The average Bonchev–Trinajstić information content (AvgIpc) is 3.40. The lowest BCUT2D eigenvalue weighted by Gasteiger charge is -2.18. The van der Waals surface area contributed by atoms with Crippen molar-refractivity contribution in [3.05, 3.63) is 93.4 Å². The van der Waals surface area contributed by atoms with E-state index in [1.54, 1.807) is 34.8 Å². The summed E-state index contributed by atoms with van der Waals surface area (Å²) in [4.78, 5) is 19.7. The molecule has 0 saturated heterocycles. The first kappa shape index (κ1) is 20.4. The van der Waals surface area contributed by atoms with E-state index in [0.29, 0.717) is 12.2 Å². The zero-order valence-corrected chi connectivity index (χ0v) is 17.9. The van der Waals surface area contributed by atoms with Gasteiger partial charge in [-0.05, 0) is 48.9 Å². The second-order valence-electron chi connectivity index (χ2n) is 6.74. The van der Waals surface area contributed by atoms with E-state index >= 15 is 0 Å². The first-order valence-corrected chi connectivity index (χ1v) is 11.1. The molecule has 0 saturated carbocycles. The van der Waals surface area contributed by atoms with Crippen LogP contribution in [0.5, 0.6) is 0 Å². The Morgan fingerprint density at radius 2 is 1.83 bits per heavy atom. The summed E-state index contributed by atoms with van der Waals surface area (Å²) >= 11 is 3.30. The lowest BCUT2D eigenvalue weighted by Crippen LogP contribution is -2.32. The molecule has 2 heterocycles. The molecule has 0 aliphatic carbocycles. The summed E-state index contributed by atoms with van der Waals surface area (Å²) < 4.78 is 13.2. The van der Waals surface area contributed by atoms with E-state index in [4.69, 9.17) is 0 Å². The molecule has 2 N–H and O–H groups in total. The van der Waals surface area contributed by atoms with Crippen molar-refractivity contribution in [2.24, 2.45) is 0 Å². The van der Waals surface area contributed by atoms with Crippen molar-refractivity contribution >= 4 is 34.3 Å². The van der Waals surface area contributed by atoms with Gasteiger partial charge in [0, 0.05) is 22.5 Å². The van der Waals surface area contributed by atoms with Gasteiger partial charge in [-0.15, -0.1) is 22.7 Å². The summed E-state index contributed by atoms with van der Waals surface area (Å²) in [7, 11) is 0. The number of anilines is 1. The number of nitrogens with one attached hydrogen (secondary N) is 2. The third-order valence-electron chi connectivity index (χ3n) is 4.52. The molecule has 0 spiro atoms. The van der Waals surface area contributed by atoms with Crippen LogP contribution < -0.4 is 10.6 Å². The van der Waals surface area contributed by atoms with E-state index in [2.05, 4.69) is 33.1 Å². The van der Waals surface area contributed by atoms with Crippen LogP contribution in [0.2, 0.25) is 0 Å². The summed E-state index contributed by atoms with van der Waals surface area (Å²) in [6.07, 6.45) is 0. The molecule has 0 fully saturated rings. The smallest absolute Gasteiger partial charge is 0.246 e. The van der Waals surface area contributed by atoms with E-state index < -0.39 is 6.04 Å². The molecule has 0 radical (unpaired) electrons. The van der Waals surface area contributed by atoms with Gasteiger partial charge in [0.15, 0.2) is 0 Å². The van der Waals surface area contributed by atoms with Crippen LogP contribution in [-0.4, -0.2) is 10.9 Å². The maximum Gasteiger partial charge on any atom is 0.246 e. The van der Waals surface area contributed by atoms with E-state index in [9.17, 15) is 9.18 Å². The topological polar surface area (TPSA) is 54.0 Å². The second-order valence-corrected chi connectivity index (χ2v) is 8.97. The van der Waals surface area contributed by atoms with Gasteiger partial charge in [-0.25, -0.2) is 9.37 Å². The van der Waals surface area contributed by atoms with Crippen LogP contribution >= 0.6 is 22.7 Å². The second kappa shape index (κ2) is 9.30. The third kappa shape index (κ3) is 4.99. The molecule has 4 aromatic rings. The third-order valence-corrected chi connectivity index (χ3v) is 6.40. The summed E-state index contributed by atoms with van der Waals surface area (Å²) in [6, 6.07) is 18.9. The lowest BCUT2D eigenvalue weighted by molar-refractivity contribution is -0.118. The first-order valence-electron chi connectivity index (χ1n) is 9.44. The van der Waals surface area contributed by atoms with Crippen LogP contribution in [0.15, 0.2) is 72.1 Å². The maximum absolute atomic E-state index is 13.2. The van der Waals surface area contributed by atoms with Gasteiger partial charge < -0.3 is 5.32 Å². The molecule has 0 unspecified atom stereocenters. The number of hydrogen-bond acceptors (Lipinski definition) is 5. The Kier molecular flexibility index (Phi) is 6.32. The number of carbonyl (C=O) groups is 1. The van der Waals surface area contributed by atoms with Gasteiger partial charge in [-0.2, -0.15) is 0 Å². The van der Waals surface area contributed by atoms with Crippen LogP contribution in [0.1, 0.15) is 21.5 Å². The zero-order valence-electron chi connectivity index (χ0n) is 16.3. The highest BCUT2D eigenvalue weighted by molar-refractivity contribution is 7.16. The molecular weight excluding hydrogens is 417 g/mol. The maximum atomic E-state index is 13.2. The Morgan fingerprint density at radius 1 is 1.07 bits per heavy atom. The molecule has 152 valence electrons. The number of nitrogens with zero attached hydrogens (tertiary/aromatic N) is 1. The van der Waals surface area contributed by atoms with Gasteiger partial charge in [-0.1, -0.05) is 30.3 Å². The Morgan fingerprint density at radius 3 is 2.53 bits per heavy atom. The molecule has 2 aromatic heterocycles. The molecule has 7 heteroatoms. The molecule has 4 rings (SSSR count). The number of rotatable bonds is 7. The number of benzene rings is 2. The number of halogens is 1. The standard InChI is InChI=1S/C23H20FN3OS2/c1-15-26-20(14-29-15)21-12-11-19(30-21)13-25-22(16-5-3-2-4-6-16)23(28)27-18-9-7-17(24)8-10-18/h2-12,14,22,25H,13H2,1H3,(H,27,28)/t22-/m1/s1. The molecule has 0 bridgehead atoms. The fourth-order valence-corrected chi connectivity index (χ4v) is 4.65. The quantitative estimate of drug-likeness (QED) is 0.385. The van der Waals surface area contributed by atoms with Crippen molar-refractivity contribution < 1.29 is 9.18 Å². The van der Waals surface area contributed by atoms with Crippen LogP contribution in [0, 0.1) is 12.7 Å². The zero-order chi connectivity index (χ0) is 20.9. The Hall–Kier alpha value is -2.87. The van der Waals surface area contributed by atoms with Gasteiger partial charge >= 0.3 is 0 Å². The fourth-order valence-electron chi connectivity index (χ4n) is 3.04. The molecule has 0 aliphatic heterocycles. The molecule has 30 heavy (non-hydrogen) atoms. The minimum absolute atomic E-state index is 0.195. The SMILES string of the molecule is Cc1nc(-c2ccc(CN[C@@H](C(=O)Nc3ccc(F)cc3)c3ccccc3)s2)cs1. The van der Waals surface area contributed by atoms with Crippen LogP contribution in [0.3, 0.4) is 0 Å². The first-order chi connectivity index (χ1) is 14.6. The van der Waals surface area contributed by atoms with Gasteiger partial charge in [0.05, 0.1) is 15.6 Å². The minimum Gasteiger partial charge on any atom is -0.324 e. The lowest BCUT2D eigenvalue weighted by atomic mass is 10.1. The number of hydrogen-bond donors (Lipinski definition) is 2. The predicted molar refractivity (Wildman–Crippen MR) is 121 cm³/mol. The highest BCUT2D eigenvalue weighted by atomic mass is 32.1. The van der Waals surface area contributed by atoms with Crippen LogP contribution in [-0.2, 0) is 11.3 Å². The predicted octanol–water partition coefficient (Wildman–Crippen LogP) is 5.79. The molecule has 1 atom stereocenters. The molecular formula is C23H20FN3OS2. The molecule has 4 nitrogen and oxygen atoms in total. The van der Waals surface area contributed by atoms with Crippen molar-refractivity contribution in [3.8, 4) is 10.6 Å². The van der Waals surface area contributed by atoms with E-state index in [1.165, 1.54) is 12.1 Å². The van der Waals surface area contributed by atoms with Crippen LogP contribution in [0.25, 0.3) is 10.6 Å². The van der Waals surface area contributed by atoms with Gasteiger partial charge in [0.1, 0.15) is 11.9 Å². The highest BCUT2D eigenvalue weighted by Gasteiger charge is 2.20. The van der Waals surface area contributed by atoms with Crippen LogP contribution in [0.4, 0.5) is 10.1 Å². The Bertz CT molecular complexity index is 1120. The Labute approximate surface area is 182 Å². The minimum atomic E-state index is -0.539. The number of amides is 1. The van der Waals surface area contributed by atoms with Crippen molar-refractivity contribution in [1.82, 2.24) is 10.3 Å². The van der Waals surface area contributed by atoms with Gasteiger partial charge in [-0.3, -0.25) is 10.1 Å². The van der Waals surface area contributed by atoms with E-state index in [0.717, 1.165) is 26.0 Å².